The average molecular weight is 315 g/mol. The molecule has 0 aliphatic carbocycles. The molecule has 0 bridgehead atoms. The number of nitrogens with one attached hydrogen (secondary N) is 1. The lowest BCUT2D eigenvalue weighted by Crippen LogP contribution is -2.34. The van der Waals surface area contributed by atoms with Gasteiger partial charge in [0.25, 0.3) is 0 Å². The summed E-state index contributed by atoms with van der Waals surface area (Å²) in [7, 11) is -2.07. The second-order valence-electron chi connectivity index (χ2n) is 4.78. The van der Waals surface area contributed by atoms with Crippen LogP contribution in [-0.2, 0) is 10.2 Å². The van der Waals surface area contributed by atoms with E-state index in [0.717, 1.165) is 6.42 Å². The van der Waals surface area contributed by atoms with Crippen molar-refractivity contribution in [3.8, 4) is 11.5 Å². The summed E-state index contributed by atoms with van der Waals surface area (Å²) in [4.78, 5) is 0. The van der Waals surface area contributed by atoms with E-state index in [1.807, 2.05) is 0 Å². The SMILES string of the molecule is CN(CCCN)S(=O)(=O)Nc1ccc2c(c1)OCCCO2. The lowest BCUT2D eigenvalue weighted by atomic mass is 10.3. The maximum atomic E-state index is 12.1. The normalized spacial score (nSPS) is 14.8. The number of rotatable bonds is 6. The zero-order valence-corrected chi connectivity index (χ0v) is 12.9. The molecule has 1 heterocycles. The molecule has 2 rings (SSSR count). The molecule has 0 saturated heterocycles. The number of anilines is 1. The highest BCUT2D eigenvalue weighted by Gasteiger charge is 2.18. The Morgan fingerprint density at radius 2 is 2.00 bits per heavy atom. The van der Waals surface area contributed by atoms with Crippen LogP contribution >= 0.6 is 0 Å². The first-order valence-corrected chi connectivity index (χ1v) is 8.31. The van der Waals surface area contributed by atoms with Crippen molar-refractivity contribution in [1.29, 1.82) is 0 Å². The summed E-state index contributed by atoms with van der Waals surface area (Å²) in [5.74, 6) is 1.18. The summed E-state index contributed by atoms with van der Waals surface area (Å²) in [5, 5.41) is 0. The number of hydrogen-bond donors (Lipinski definition) is 2. The fraction of sp³-hybridized carbons (Fsp3) is 0.538. The van der Waals surface area contributed by atoms with Crippen LogP contribution in [0.5, 0.6) is 11.5 Å². The summed E-state index contributed by atoms with van der Waals surface area (Å²) in [6.07, 6.45) is 1.41. The van der Waals surface area contributed by atoms with E-state index in [4.69, 9.17) is 15.2 Å². The van der Waals surface area contributed by atoms with E-state index in [2.05, 4.69) is 4.72 Å². The van der Waals surface area contributed by atoms with Gasteiger partial charge in [-0.05, 0) is 25.1 Å². The average Bonchev–Trinajstić information content (AvgIpc) is 2.69. The summed E-state index contributed by atoms with van der Waals surface area (Å²) in [6, 6.07) is 5.00. The first-order chi connectivity index (χ1) is 10.0. The maximum Gasteiger partial charge on any atom is 0.301 e. The molecular formula is C13H21N3O4S. The van der Waals surface area contributed by atoms with Crippen LogP contribution in [0.3, 0.4) is 0 Å². The number of fused-ring (bicyclic) bond motifs is 1. The van der Waals surface area contributed by atoms with Crippen molar-refractivity contribution in [3.63, 3.8) is 0 Å². The van der Waals surface area contributed by atoms with Gasteiger partial charge in [0.2, 0.25) is 0 Å². The minimum absolute atomic E-state index is 0.371. The number of benzene rings is 1. The maximum absolute atomic E-state index is 12.1. The van der Waals surface area contributed by atoms with E-state index in [1.165, 1.54) is 11.4 Å². The zero-order valence-electron chi connectivity index (χ0n) is 12.0. The minimum Gasteiger partial charge on any atom is -0.490 e. The first kappa shape index (κ1) is 15.9. The van der Waals surface area contributed by atoms with Crippen molar-refractivity contribution in [1.82, 2.24) is 4.31 Å². The lowest BCUT2D eigenvalue weighted by Gasteiger charge is -2.18. The number of hydrogen-bond acceptors (Lipinski definition) is 5. The van der Waals surface area contributed by atoms with Gasteiger partial charge in [-0.1, -0.05) is 0 Å². The summed E-state index contributed by atoms with van der Waals surface area (Å²) in [6.45, 7) is 1.97. The molecule has 3 N–H and O–H groups in total. The third-order valence-corrected chi connectivity index (χ3v) is 4.58. The van der Waals surface area contributed by atoms with Gasteiger partial charge < -0.3 is 15.2 Å². The summed E-state index contributed by atoms with van der Waals surface area (Å²) < 4.78 is 39.1. The quantitative estimate of drug-likeness (QED) is 0.809. The van der Waals surface area contributed by atoms with Crippen LogP contribution in [0.4, 0.5) is 5.69 Å². The molecule has 0 radical (unpaired) electrons. The molecule has 118 valence electrons. The molecule has 0 atom stereocenters. The van der Waals surface area contributed by atoms with Gasteiger partial charge in [0, 0.05) is 26.1 Å². The number of nitrogens with two attached hydrogens (primary N) is 1. The van der Waals surface area contributed by atoms with Gasteiger partial charge in [0.1, 0.15) is 0 Å². The molecule has 0 amide bonds. The van der Waals surface area contributed by atoms with Crippen molar-refractivity contribution >= 4 is 15.9 Å². The Labute approximate surface area is 125 Å². The predicted molar refractivity (Wildman–Crippen MR) is 80.9 cm³/mol. The molecular weight excluding hydrogens is 294 g/mol. The third-order valence-electron chi connectivity index (χ3n) is 3.08. The fourth-order valence-corrected chi connectivity index (χ4v) is 2.84. The molecule has 1 aromatic rings. The molecule has 0 fully saturated rings. The Morgan fingerprint density at radius 1 is 1.29 bits per heavy atom. The van der Waals surface area contributed by atoms with Crippen molar-refractivity contribution in [2.24, 2.45) is 5.73 Å². The van der Waals surface area contributed by atoms with Crippen LogP contribution in [0.25, 0.3) is 0 Å². The van der Waals surface area contributed by atoms with E-state index in [-0.39, 0.29) is 0 Å². The standard InChI is InChI=1S/C13H21N3O4S/c1-16(7-2-6-14)21(17,18)15-11-4-5-12-13(10-11)20-9-3-8-19-12/h4-5,10,15H,2-3,6-9,14H2,1H3. The minimum atomic E-state index is -3.59. The second kappa shape index (κ2) is 6.97. The zero-order chi connectivity index (χ0) is 15.3. The summed E-state index contributed by atoms with van der Waals surface area (Å²) >= 11 is 0. The highest BCUT2D eigenvalue weighted by Crippen LogP contribution is 2.32. The molecule has 1 aromatic carbocycles. The molecule has 1 aliphatic rings. The lowest BCUT2D eigenvalue weighted by molar-refractivity contribution is 0.297. The first-order valence-electron chi connectivity index (χ1n) is 6.87. The monoisotopic (exact) mass is 315 g/mol. The van der Waals surface area contributed by atoms with Crippen LogP contribution in [-0.4, -0.2) is 46.1 Å². The van der Waals surface area contributed by atoms with Crippen LogP contribution < -0.4 is 19.9 Å². The summed E-state index contributed by atoms with van der Waals surface area (Å²) in [5.41, 5.74) is 5.83. The third kappa shape index (κ3) is 4.23. The predicted octanol–water partition coefficient (Wildman–Crippen LogP) is 0.785. The van der Waals surface area contributed by atoms with E-state index in [1.54, 1.807) is 18.2 Å². The Hall–Kier alpha value is -1.51. The molecule has 7 nitrogen and oxygen atoms in total. The number of nitrogens with zero attached hydrogens (tertiary/aromatic N) is 1. The van der Waals surface area contributed by atoms with Gasteiger partial charge in [-0.3, -0.25) is 4.72 Å². The van der Waals surface area contributed by atoms with E-state index in [9.17, 15) is 8.42 Å². The van der Waals surface area contributed by atoms with Gasteiger partial charge in [-0.2, -0.15) is 12.7 Å². The van der Waals surface area contributed by atoms with Crippen LogP contribution in [0.1, 0.15) is 12.8 Å². The van der Waals surface area contributed by atoms with Gasteiger partial charge in [0.15, 0.2) is 11.5 Å². The van der Waals surface area contributed by atoms with Gasteiger partial charge in [-0.25, -0.2) is 0 Å². The molecule has 8 heteroatoms. The number of ether oxygens (including phenoxy) is 2. The van der Waals surface area contributed by atoms with Crippen molar-refractivity contribution in [2.75, 3.05) is 38.1 Å². The largest absolute Gasteiger partial charge is 0.490 e. The highest BCUT2D eigenvalue weighted by molar-refractivity contribution is 7.90. The van der Waals surface area contributed by atoms with Crippen LogP contribution in [0, 0.1) is 0 Å². The van der Waals surface area contributed by atoms with E-state index >= 15 is 0 Å². The van der Waals surface area contributed by atoms with Crippen molar-refractivity contribution in [3.05, 3.63) is 18.2 Å². The molecule has 0 aromatic heterocycles. The van der Waals surface area contributed by atoms with Gasteiger partial charge >= 0.3 is 10.2 Å². The van der Waals surface area contributed by atoms with Crippen LogP contribution in [0.2, 0.25) is 0 Å². The van der Waals surface area contributed by atoms with E-state index in [0.29, 0.717) is 49.9 Å². The Kier molecular flexibility index (Phi) is 5.27. The molecule has 0 unspecified atom stereocenters. The fourth-order valence-electron chi connectivity index (χ4n) is 1.89. The highest BCUT2D eigenvalue weighted by atomic mass is 32.2. The topological polar surface area (TPSA) is 93.9 Å². The Balaban J connectivity index is 2.10. The molecule has 21 heavy (non-hydrogen) atoms. The van der Waals surface area contributed by atoms with Gasteiger partial charge in [0.05, 0.1) is 18.9 Å². The van der Waals surface area contributed by atoms with Gasteiger partial charge in [-0.15, -0.1) is 0 Å². The Morgan fingerprint density at radius 3 is 2.71 bits per heavy atom. The van der Waals surface area contributed by atoms with Crippen molar-refractivity contribution < 1.29 is 17.9 Å². The molecule has 1 aliphatic heterocycles. The Bertz CT molecular complexity index is 577. The van der Waals surface area contributed by atoms with Crippen molar-refractivity contribution in [2.45, 2.75) is 12.8 Å². The van der Waals surface area contributed by atoms with E-state index < -0.39 is 10.2 Å². The molecule has 0 saturated carbocycles. The smallest absolute Gasteiger partial charge is 0.301 e. The van der Waals surface area contributed by atoms with Crippen LogP contribution in [0.15, 0.2) is 18.2 Å². The second-order valence-corrected chi connectivity index (χ2v) is 6.56. The molecule has 0 spiro atoms.